The Balaban J connectivity index is 2.15. The van der Waals surface area contributed by atoms with Crippen LogP contribution in [0.3, 0.4) is 0 Å². The fraction of sp³-hybridized carbons (Fsp3) is 0.438. The van der Waals surface area contributed by atoms with E-state index in [4.69, 9.17) is 0 Å². The predicted octanol–water partition coefficient (Wildman–Crippen LogP) is 3.13. The van der Waals surface area contributed by atoms with Crippen molar-refractivity contribution in [2.24, 2.45) is 5.92 Å². The molecule has 128 valence electrons. The van der Waals surface area contributed by atoms with E-state index in [1.807, 2.05) is 0 Å². The molecule has 0 saturated heterocycles. The second kappa shape index (κ2) is 6.64. The number of halogens is 2. The fourth-order valence-electron chi connectivity index (χ4n) is 2.82. The lowest BCUT2D eigenvalue weighted by molar-refractivity contribution is -0.119. The number of carbonyl (C=O) groups is 1. The van der Waals surface area contributed by atoms with Gasteiger partial charge in [0.2, 0.25) is 5.91 Å². The third-order valence-electron chi connectivity index (χ3n) is 4.20. The van der Waals surface area contributed by atoms with E-state index in [2.05, 4.69) is 15.4 Å². The number of anilines is 1. The highest BCUT2D eigenvalue weighted by Crippen LogP contribution is 2.33. The van der Waals surface area contributed by atoms with Crippen LogP contribution in [0, 0.1) is 5.92 Å². The Bertz CT molecular complexity index is 747. The summed E-state index contributed by atoms with van der Waals surface area (Å²) in [7, 11) is 0. The highest BCUT2D eigenvalue weighted by Gasteiger charge is 2.24. The molecular formula is C16H18F2N4O2. The molecule has 2 bridgehead atoms. The van der Waals surface area contributed by atoms with Crippen LogP contribution >= 0.6 is 0 Å². The molecule has 2 aromatic heterocycles. The molecule has 8 heteroatoms. The lowest BCUT2D eigenvalue weighted by Gasteiger charge is -2.17. The van der Waals surface area contributed by atoms with Gasteiger partial charge in [0.15, 0.2) is 0 Å². The van der Waals surface area contributed by atoms with Gasteiger partial charge in [-0.3, -0.25) is 9.78 Å². The van der Waals surface area contributed by atoms with Crippen molar-refractivity contribution >= 4 is 11.6 Å². The zero-order valence-electron chi connectivity index (χ0n) is 13.1. The monoisotopic (exact) mass is 336 g/mol. The Kier molecular flexibility index (Phi) is 4.57. The van der Waals surface area contributed by atoms with Gasteiger partial charge in [0, 0.05) is 17.7 Å². The normalized spacial score (nSPS) is 21.6. The van der Waals surface area contributed by atoms with Gasteiger partial charge < -0.3 is 10.4 Å². The molecule has 1 aliphatic rings. The summed E-state index contributed by atoms with van der Waals surface area (Å²) in [6.45, 7) is -1.08. The largest absolute Gasteiger partial charge is 0.387 e. The van der Waals surface area contributed by atoms with Crippen LogP contribution in [0.25, 0.3) is 11.3 Å². The Morgan fingerprint density at radius 3 is 2.96 bits per heavy atom. The fourth-order valence-corrected chi connectivity index (χ4v) is 2.82. The molecule has 2 atom stereocenters. The minimum atomic E-state index is -2.85. The van der Waals surface area contributed by atoms with Crippen molar-refractivity contribution in [3.63, 3.8) is 0 Å². The number of nitrogens with zero attached hydrogens (tertiary/aromatic N) is 3. The molecular weight excluding hydrogens is 318 g/mol. The zero-order valence-corrected chi connectivity index (χ0v) is 13.1. The molecule has 2 N–H and O–H groups in total. The van der Waals surface area contributed by atoms with E-state index in [0.717, 1.165) is 0 Å². The summed E-state index contributed by atoms with van der Waals surface area (Å²) in [5, 5.41) is 16.6. The van der Waals surface area contributed by atoms with Crippen molar-refractivity contribution in [3.05, 3.63) is 30.2 Å². The van der Waals surface area contributed by atoms with Crippen LogP contribution in [-0.2, 0) is 4.79 Å². The van der Waals surface area contributed by atoms with E-state index in [9.17, 15) is 18.7 Å². The maximum Gasteiger partial charge on any atom is 0.333 e. The Labute approximate surface area is 137 Å². The summed E-state index contributed by atoms with van der Waals surface area (Å²) in [6.07, 6.45) is 3.57. The highest BCUT2D eigenvalue weighted by molar-refractivity contribution is 5.95. The maximum absolute atomic E-state index is 13.3. The Morgan fingerprint density at radius 1 is 1.42 bits per heavy atom. The van der Waals surface area contributed by atoms with E-state index in [1.165, 1.54) is 12.4 Å². The van der Waals surface area contributed by atoms with Crippen molar-refractivity contribution in [2.75, 3.05) is 5.32 Å². The molecule has 6 nitrogen and oxygen atoms in total. The number of aliphatic hydroxyl groups is 1. The summed E-state index contributed by atoms with van der Waals surface area (Å²) < 4.78 is 27.1. The average Bonchev–Trinajstić information content (AvgIpc) is 2.97. The second-order valence-corrected chi connectivity index (χ2v) is 5.94. The summed E-state index contributed by atoms with van der Waals surface area (Å²) in [5.41, 5.74) is 1.15. The molecule has 2 aromatic rings. The van der Waals surface area contributed by atoms with E-state index in [1.54, 1.807) is 19.1 Å². The Hall–Kier alpha value is -2.35. The number of carbonyl (C=O) groups excluding carboxylic acids is 1. The SMILES string of the molecule is C[C@@H]1CCCC(O)c2cc(ccn2)-c2c(cnn2C(F)F)NC1=O. The van der Waals surface area contributed by atoms with Gasteiger partial charge >= 0.3 is 6.55 Å². The third-order valence-corrected chi connectivity index (χ3v) is 4.20. The molecule has 0 fully saturated rings. The van der Waals surface area contributed by atoms with Crippen molar-refractivity contribution in [3.8, 4) is 11.3 Å². The minimum absolute atomic E-state index is 0.0990. The summed E-state index contributed by atoms with van der Waals surface area (Å²) in [4.78, 5) is 16.4. The molecule has 0 saturated carbocycles. The first-order chi connectivity index (χ1) is 11.5. The first kappa shape index (κ1) is 16.5. The van der Waals surface area contributed by atoms with Gasteiger partial charge in [0.25, 0.3) is 0 Å². The number of hydrogen-bond acceptors (Lipinski definition) is 4. The number of rotatable bonds is 1. The molecule has 3 heterocycles. The summed E-state index contributed by atoms with van der Waals surface area (Å²) in [5.74, 6) is -0.555. The number of amides is 1. The van der Waals surface area contributed by atoms with Crippen molar-refractivity contribution < 1.29 is 18.7 Å². The van der Waals surface area contributed by atoms with E-state index >= 15 is 0 Å². The molecule has 1 amide bonds. The molecule has 1 unspecified atom stereocenters. The van der Waals surface area contributed by atoms with Crippen molar-refractivity contribution in [1.29, 1.82) is 0 Å². The van der Waals surface area contributed by atoms with Gasteiger partial charge in [-0.15, -0.1) is 0 Å². The van der Waals surface area contributed by atoms with Crippen LogP contribution in [0.2, 0.25) is 0 Å². The molecule has 0 radical (unpaired) electrons. The van der Waals surface area contributed by atoms with Crippen LogP contribution in [0.15, 0.2) is 24.5 Å². The van der Waals surface area contributed by atoms with Gasteiger partial charge in [-0.25, -0.2) is 4.68 Å². The standard InChI is InChI=1S/C16H18F2N4O2/c1-9-3-2-4-13(23)11-7-10(5-6-19-11)14-12(21-15(9)24)8-20-22(14)16(17)18/h5-9,13,16,23H,2-4H2,1H3,(H,21,24)/t9-,13?/m1/s1. The van der Waals surface area contributed by atoms with Crippen LogP contribution < -0.4 is 5.32 Å². The van der Waals surface area contributed by atoms with Gasteiger partial charge in [-0.05, 0) is 31.4 Å². The van der Waals surface area contributed by atoms with Gasteiger partial charge in [0.05, 0.1) is 29.4 Å². The number of aromatic nitrogens is 3. The van der Waals surface area contributed by atoms with Gasteiger partial charge in [0.1, 0.15) is 0 Å². The topological polar surface area (TPSA) is 80.0 Å². The summed E-state index contributed by atoms with van der Waals surface area (Å²) >= 11 is 0. The maximum atomic E-state index is 13.3. The second-order valence-electron chi connectivity index (χ2n) is 5.94. The average molecular weight is 336 g/mol. The molecule has 0 aliphatic carbocycles. The number of pyridine rings is 1. The number of fused-ring (bicyclic) bond motifs is 4. The number of nitrogens with one attached hydrogen (secondary N) is 1. The lowest BCUT2D eigenvalue weighted by atomic mass is 9.98. The molecule has 1 aliphatic heterocycles. The molecule has 0 aromatic carbocycles. The lowest BCUT2D eigenvalue weighted by Crippen LogP contribution is -2.21. The summed E-state index contributed by atoms with van der Waals surface area (Å²) in [6, 6.07) is 3.11. The van der Waals surface area contributed by atoms with Crippen LogP contribution in [0.5, 0.6) is 0 Å². The third kappa shape index (κ3) is 3.14. The molecule has 24 heavy (non-hydrogen) atoms. The Morgan fingerprint density at radius 2 is 2.21 bits per heavy atom. The van der Waals surface area contributed by atoms with Crippen LogP contribution in [0.4, 0.5) is 14.5 Å². The quantitative estimate of drug-likeness (QED) is 0.838. The van der Waals surface area contributed by atoms with Crippen LogP contribution in [-0.4, -0.2) is 25.8 Å². The van der Waals surface area contributed by atoms with Crippen molar-refractivity contribution in [2.45, 2.75) is 38.8 Å². The number of aliphatic hydroxyl groups excluding tert-OH is 1. The van der Waals surface area contributed by atoms with E-state index in [0.29, 0.717) is 35.2 Å². The molecule has 0 spiro atoms. The van der Waals surface area contributed by atoms with E-state index in [-0.39, 0.29) is 23.2 Å². The molecule has 3 rings (SSSR count). The van der Waals surface area contributed by atoms with Crippen molar-refractivity contribution in [1.82, 2.24) is 14.8 Å². The zero-order chi connectivity index (χ0) is 17.3. The highest BCUT2D eigenvalue weighted by atomic mass is 19.3. The van der Waals surface area contributed by atoms with Crippen LogP contribution in [0.1, 0.15) is 44.5 Å². The number of alkyl halides is 2. The smallest absolute Gasteiger partial charge is 0.333 e. The first-order valence-corrected chi connectivity index (χ1v) is 7.78. The predicted molar refractivity (Wildman–Crippen MR) is 83.3 cm³/mol. The van der Waals surface area contributed by atoms with Gasteiger partial charge in [-0.2, -0.15) is 13.9 Å². The van der Waals surface area contributed by atoms with Gasteiger partial charge in [-0.1, -0.05) is 6.92 Å². The minimum Gasteiger partial charge on any atom is -0.387 e. The van der Waals surface area contributed by atoms with E-state index < -0.39 is 12.7 Å². The number of hydrogen-bond donors (Lipinski definition) is 2. The first-order valence-electron chi connectivity index (χ1n) is 7.78.